The monoisotopic (exact) mass is 306 g/mol. The topological polar surface area (TPSA) is 15.3 Å². The van der Waals surface area contributed by atoms with E-state index in [0.29, 0.717) is 11.6 Å². The van der Waals surface area contributed by atoms with Gasteiger partial charge in [0.05, 0.1) is 0 Å². The summed E-state index contributed by atoms with van der Waals surface area (Å²) in [4.78, 5) is 2.80. The highest BCUT2D eigenvalue weighted by atomic mass is 35.5. The first-order valence-electron chi connectivity index (χ1n) is 8.42. The lowest BCUT2D eigenvalue weighted by molar-refractivity contribution is -0.00172. The fourth-order valence-corrected chi connectivity index (χ4v) is 4.42. The van der Waals surface area contributed by atoms with Gasteiger partial charge in [-0.05, 0) is 43.9 Å². The number of hydrogen-bond acceptors (Lipinski definition) is 2. The molecule has 1 atom stereocenters. The number of nitrogens with zero attached hydrogens (tertiary/aromatic N) is 1. The molecule has 1 aromatic rings. The third kappa shape index (κ3) is 3.44. The lowest BCUT2D eigenvalue weighted by atomic mass is 9.78. The standard InChI is InChI=1S/C18H27ClN2/c1-15(13-16-5-7-17(19)8-6-16)21-12-11-20-14-18(21)9-3-2-4-10-18/h5-8,15,20H,2-4,9-14H2,1H3. The maximum Gasteiger partial charge on any atom is 0.0406 e. The third-order valence-electron chi connectivity index (χ3n) is 5.35. The molecular formula is C18H27ClN2. The molecule has 1 aliphatic heterocycles. The average Bonchev–Trinajstić information content (AvgIpc) is 2.51. The lowest BCUT2D eigenvalue weighted by Crippen LogP contribution is -2.64. The summed E-state index contributed by atoms with van der Waals surface area (Å²) in [5, 5.41) is 4.47. The van der Waals surface area contributed by atoms with E-state index >= 15 is 0 Å². The van der Waals surface area contributed by atoms with Crippen molar-refractivity contribution in [1.82, 2.24) is 10.2 Å². The van der Waals surface area contributed by atoms with Crippen molar-refractivity contribution < 1.29 is 0 Å². The third-order valence-corrected chi connectivity index (χ3v) is 5.61. The van der Waals surface area contributed by atoms with E-state index in [4.69, 9.17) is 11.6 Å². The molecule has 1 aromatic carbocycles. The minimum absolute atomic E-state index is 0.419. The lowest BCUT2D eigenvalue weighted by Gasteiger charge is -2.52. The normalized spacial score (nSPS) is 24.1. The van der Waals surface area contributed by atoms with Gasteiger partial charge in [-0.15, -0.1) is 0 Å². The van der Waals surface area contributed by atoms with Gasteiger partial charge >= 0.3 is 0 Å². The first kappa shape index (κ1) is 15.3. The first-order chi connectivity index (χ1) is 10.2. The van der Waals surface area contributed by atoms with Gasteiger partial charge in [-0.25, -0.2) is 0 Å². The fraction of sp³-hybridized carbons (Fsp3) is 0.667. The van der Waals surface area contributed by atoms with Gasteiger partial charge in [0.25, 0.3) is 0 Å². The molecule has 3 rings (SSSR count). The summed E-state index contributed by atoms with van der Waals surface area (Å²) in [6, 6.07) is 8.98. The predicted molar refractivity (Wildman–Crippen MR) is 90.0 cm³/mol. The molecule has 2 fully saturated rings. The van der Waals surface area contributed by atoms with Gasteiger partial charge in [0.15, 0.2) is 0 Å². The van der Waals surface area contributed by atoms with Crippen molar-refractivity contribution in [1.29, 1.82) is 0 Å². The van der Waals surface area contributed by atoms with Gasteiger partial charge in [-0.3, -0.25) is 4.90 Å². The molecule has 1 spiro atoms. The van der Waals surface area contributed by atoms with Crippen LogP contribution in [0.2, 0.25) is 5.02 Å². The van der Waals surface area contributed by atoms with Crippen molar-refractivity contribution in [3.63, 3.8) is 0 Å². The van der Waals surface area contributed by atoms with Crippen LogP contribution in [0, 0.1) is 0 Å². The molecule has 1 unspecified atom stereocenters. The maximum absolute atomic E-state index is 5.99. The highest BCUT2D eigenvalue weighted by Crippen LogP contribution is 2.36. The van der Waals surface area contributed by atoms with Crippen molar-refractivity contribution in [2.75, 3.05) is 19.6 Å². The molecule has 2 nitrogen and oxygen atoms in total. The zero-order valence-electron chi connectivity index (χ0n) is 13.1. The second-order valence-electron chi connectivity index (χ2n) is 6.83. The summed E-state index contributed by atoms with van der Waals surface area (Å²) >= 11 is 5.99. The first-order valence-corrected chi connectivity index (χ1v) is 8.79. The smallest absolute Gasteiger partial charge is 0.0406 e. The van der Waals surface area contributed by atoms with E-state index in [1.807, 2.05) is 12.1 Å². The van der Waals surface area contributed by atoms with Crippen molar-refractivity contribution in [3.8, 4) is 0 Å². The molecule has 1 N–H and O–H groups in total. The molecule has 0 bridgehead atoms. The van der Waals surface area contributed by atoms with Crippen molar-refractivity contribution in [2.24, 2.45) is 0 Å². The molecule has 1 saturated carbocycles. The molecule has 1 heterocycles. The molecule has 116 valence electrons. The zero-order valence-corrected chi connectivity index (χ0v) is 13.8. The summed E-state index contributed by atoms with van der Waals surface area (Å²) in [6.07, 6.45) is 8.06. The van der Waals surface area contributed by atoms with Gasteiger partial charge in [-0.1, -0.05) is 43.0 Å². The minimum atomic E-state index is 0.419. The van der Waals surface area contributed by atoms with Crippen LogP contribution >= 0.6 is 11.6 Å². The summed E-state index contributed by atoms with van der Waals surface area (Å²) in [7, 11) is 0. The fourth-order valence-electron chi connectivity index (χ4n) is 4.29. The van der Waals surface area contributed by atoms with Gasteiger partial charge in [-0.2, -0.15) is 0 Å². The SMILES string of the molecule is CC(Cc1ccc(Cl)cc1)N1CCNCC12CCCCC2. The van der Waals surface area contributed by atoms with Gasteiger partial charge < -0.3 is 5.32 Å². The Morgan fingerprint density at radius 1 is 1.19 bits per heavy atom. The second kappa shape index (κ2) is 6.68. The molecule has 0 amide bonds. The molecule has 3 heteroatoms. The molecule has 0 radical (unpaired) electrons. The average molecular weight is 307 g/mol. The number of halogens is 1. The summed E-state index contributed by atoms with van der Waals surface area (Å²) in [5.74, 6) is 0. The van der Waals surface area contributed by atoms with E-state index in [-0.39, 0.29) is 0 Å². The molecule has 2 aliphatic rings. The maximum atomic E-state index is 5.99. The Hall–Kier alpha value is -0.570. The molecule has 21 heavy (non-hydrogen) atoms. The summed E-state index contributed by atoms with van der Waals surface area (Å²) in [5.41, 5.74) is 1.82. The molecule has 1 saturated heterocycles. The van der Waals surface area contributed by atoms with Crippen molar-refractivity contribution >= 4 is 11.6 Å². The van der Waals surface area contributed by atoms with Crippen LogP contribution < -0.4 is 5.32 Å². The van der Waals surface area contributed by atoms with E-state index < -0.39 is 0 Å². The number of nitrogens with one attached hydrogen (secondary N) is 1. The largest absolute Gasteiger partial charge is 0.314 e. The zero-order chi connectivity index (χ0) is 14.7. The Balaban J connectivity index is 1.71. The Morgan fingerprint density at radius 2 is 1.90 bits per heavy atom. The van der Waals surface area contributed by atoms with Crippen LogP contribution in [0.15, 0.2) is 24.3 Å². The number of piperazine rings is 1. The second-order valence-corrected chi connectivity index (χ2v) is 7.27. The van der Waals surface area contributed by atoms with Crippen LogP contribution in [0.1, 0.15) is 44.6 Å². The van der Waals surface area contributed by atoms with Crippen LogP contribution in [0.4, 0.5) is 0 Å². The van der Waals surface area contributed by atoms with E-state index in [9.17, 15) is 0 Å². The molecule has 1 aliphatic carbocycles. The van der Waals surface area contributed by atoms with E-state index in [1.165, 1.54) is 50.8 Å². The Bertz CT molecular complexity index is 443. The summed E-state index contributed by atoms with van der Waals surface area (Å²) in [6.45, 7) is 5.90. The van der Waals surface area contributed by atoms with Crippen molar-refractivity contribution in [3.05, 3.63) is 34.9 Å². The van der Waals surface area contributed by atoms with Gasteiger partial charge in [0.2, 0.25) is 0 Å². The van der Waals surface area contributed by atoms with E-state index in [0.717, 1.165) is 18.0 Å². The molecular weight excluding hydrogens is 280 g/mol. The molecule has 0 aromatic heterocycles. The Morgan fingerprint density at radius 3 is 2.62 bits per heavy atom. The van der Waals surface area contributed by atoms with Gasteiger partial charge in [0, 0.05) is 36.2 Å². The highest BCUT2D eigenvalue weighted by molar-refractivity contribution is 6.30. The number of hydrogen-bond donors (Lipinski definition) is 1. The van der Waals surface area contributed by atoms with Crippen LogP contribution in [-0.4, -0.2) is 36.1 Å². The number of rotatable bonds is 3. The van der Waals surface area contributed by atoms with Crippen LogP contribution in [0.3, 0.4) is 0 Å². The Kier molecular flexibility index (Phi) is 4.88. The minimum Gasteiger partial charge on any atom is -0.314 e. The highest BCUT2D eigenvalue weighted by Gasteiger charge is 2.41. The predicted octanol–water partition coefficient (Wildman–Crippen LogP) is 3.88. The quantitative estimate of drug-likeness (QED) is 0.911. The van der Waals surface area contributed by atoms with Crippen molar-refractivity contribution in [2.45, 2.75) is 57.0 Å². The Labute approximate surface area is 133 Å². The van der Waals surface area contributed by atoms with E-state index in [1.54, 1.807) is 0 Å². The summed E-state index contributed by atoms with van der Waals surface area (Å²) < 4.78 is 0. The van der Waals surface area contributed by atoms with Gasteiger partial charge in [0.1, 0.15) is 0 Å². The van der Waals surface area contributed by atoms with E-state index in [2.05, 4.69) is 29.3 Å². The number of benzene rings is 1. The van der Waals surface area contributed by atoms with Crippen LogP contribution in [0.25, 0.3) is 0 Å². The van der Waals surface area contributed by atoms with Crippen LogP contribution in [-0.2, 0) is 6.42 Å². The van der Waals surface area contributed by atoms with Crippen LogP contribution in [0.5, 0.6) is 0 Å².